The molecular formula is C21H24ClN2O4-. The largest absolute Gasteiger partial charge is 1.00 e. The number of nitro benzene ring substituents is 1. The van der Waals surface area contributed by atoms with Gasteiger partial charge in [-0.05, 0) is 41.7 Å². The van der Waals surface area contributed by atoms with Crippen LogP contribution in [0.2, 0.25) is 0 Å². The predicted octanol–water partition coefficient (Wildman–Crippen LogP) is 1.12. The quantitative estimate of drug-likeness (QED) is 0.611. The van der Waals surface area contributed by atoms with Crippen LogP contribution < -0.4 is 27.2 Å². The van der Waals surface area contributed by atoms with Gasteiger partial charge < -0.3 is 27.2 Å². The Morgan fingerprint density at radius 1 is 1.07 bits per heavy atom. The number of halogens is 1. The van der Waals surface area contributed by atoms with E-state index in [0.717, 1.165) is 30.7 Å². The Morgan fingerprint density at radius 3 is 2.25 bits per heavy atom. The van der Waals surface area contributed by atoms with Crippen molar-refractivity contribution in [2.75, 3.05) is 20.8 Å². The van der Waals surface area contributed by atoms with E-state index in [1.165, 1.54) is 24.0 Å². The van der Waals surface area contributed by atoms with E-state index in [0.29, 0.717) is 5.75 Å². The Kier molecular flexibility index (Phi) is 5.82. The molecule has 1 N–H and O–H groups in total. The molecule has 0 radical (unpaired) electrons. The van der Waals surface area contributed by atoms with Gasteiger partial charge in [0.25, 0.3) is 5.69 Å². The SMILES string of the molecule is COc1cc2c(cc1OC)C1(CCCC1)CNC2c1ccc([N+](=O)[O-])cc1.[Cl-]. The number of benzene rings is 2. The van der Waals surface area contributed by atoms with Crippen LogP contribution in [0.1, 0.15) is 48.4 Å². The van der Waals surface area contributed by atoms with Crippen LogP contribution in [0.3, 0.4) is 0 Å². The number of hydrogen-bond donors (Lipinski definition) is 1. The molecule has 28 heavy (non-hydrogen) atoms. The lowest BCUT2D eigenvalue weighted by atomic mass is 9.71. The van der Waals surface area contributed by atoms with E-state index < -0.39 is 0 Å². The fourth-order valence-electron chi connectivity index (χ4n) is 4.68. The number of nitrogens with one attached hydrogen (secondary N) is 1. The summed E-state index contributed by atoms with van der Waals surface area (Å²) in [5.41, 5.74) is 3.75. The van der Waals surface area contributed by atoms with Crippen molar-refractivity contribution in [3.05, 3.63) is 63.2 Å². The Labute approximate surface area is 170 Å². The summed E-state index contributed by atoms with van der Waals surface area (Å²) in [6, 6.07) is 11.0. The molecule has 0 bridgehead atoms. The first-order valence-corrected chi connectivity index (χ1v) is 9.32. The van der Waals surface area contributed by atoms with Gasteiger partial charge in [0, 0.05) is 24.1 Å². The first-order chi connectivity index (χ1) is 13.1. The Morgan fingerprint density at radius 2 is 1.68 bits per heavy atom. The summed E-state index contributed by atoms with van der Waals surface area (Å²) >= 11 is 0. The summed E-state index contributed by atoms with van der Waals surface area (Å²) in [4.78, 5) is 10.6. The first-order valence-electron chi connectivity index (χ1n) is 9.32. The molecule has 1 spiro atoms. The van der Waals surface area contributed by atoms with E-state index in [-0.39, 0.29) is 34.5 Å². The Balaban J connectivity index is 0.00000225. The normalized spacial score (nSPS) is 19.6. The highest BCUT2D eigenvalue weighted by molar-refractivity contribution is 5.55. The van der Waals surface area contributed by atoms with Gasteiger partial charge in [0.05, 0.1) is 25.2 Å². The molecule has 2 aromatic carbocycles. The van der Waals surface area contributed by atoms with E-state index in [1.54, 1.807) is 26.4 Å². The van der Waals surface area contributed by atoms with Gasteiger partial charge in [-0.1, -0.05) is 25.0 Å². The van der Waals surface area contributed by atoms with Crippen molar-refractivity contribution in [3.8, 4) is 11.5 Å². The fourth-order valence-corrected chi connectivity index (χ4v) is 4.68. The Hall–Kier alpha value is -2.31. The number of hydrogen-bond acceptors (Lipinski definition) is 5. The molecule has 4 rings (SSSR count). The number of nitro groups is 1. The smallest absolute Gasteiger partial charge is 0.269 e. The average molecular weight is 404 g/mol. The molecule has 1 fully saturated rings. The lowest BCUT2D eigenvalue weighted by Gasteiger charge is -2.41. The number of methoxy groups -OCH3 is 2. The molecule has 1 heterocycles. The third-order valence-electron chi connectivity index (χ3n) is 6.08. The Bertz CT molecular complexity index is 863. The molecule has 2 aliphatic rings. The molecular weight excluding hydrogens is 380 g/mol. The maximum Gasteiger partial charge on any atom is 0.269 e. The molecule has 1 aliphatic carbocycles. The highest BCUT2D eigenvalue weighted by Gasteiger charge is 2.42. The maximum atomic E-state index is 11.0. The third-order valence-corrected chi connectivity index (χ3v) is 6.08. The van der Waals surface area contributed by atoms with Crippen molar-refractivity contribution in [3.63, 3.8) is 0 Å². The number of non-ortho nitro benzene ring substituents is 1. The van der Waals surface area contributed by atoms with Crippen molar-refractivity contribution in [1.82, 2.24) is 5.32 Å². The molecule has 1 aliphatic heterocycles. The average Bonchev–Trinajstić information content (AvgIpc) is 3.17. The topological polar surface area (TPSA) is 73.6 Å². The van der Waals surface area contributed by atoms with Crippen LogP contribution in [0.15, 0.2) is 36.4 Å². The van der Waals surface area contributed by atoms with E-state index in [4.69, 9.17) is 9.47 Å². The van der Waals surface area contributed by atoms with Gasteiger partial charge in [-0.2, -0.15) is 0 Å². The summed E-state index contributed by atoms with van der Waals surface area (Å²) in [5.74, 6) is 1.46. The van der Waals surface area contributed by atoms with E-state index in [9.17, 15) is 10.1 Å². The molecule has 7 heteroatoms. The summed E-state index contributed by atoms with van der Waals surface area (Å²) in [7, 11) is 3.31. The van der Waals surface area contributed by atoms with Crippen LogP contribution in [0, 0.1) is 10.1 Å². The molecule has 0 amide bonds. The summed E-state index contributed by atoms with van der Waals surface area (Å²) in [5, 5.41) is 14.7. The zero-order valence-corrected chi connectivity index (χ0v) is 16.8. The summed E-state index contributed by atoms with van der Waals surface area (Å²) in [6.07, 6.45) is 4.79. The van der Waals surface area contributed by atoms with Crippen molar-refractivity contribution in [1.29, 1.82) is 0 Å². The zero-order valence-electron chi connectivity index (χ0n) is 16.0. The number of ether oxygens (including phenoxy) is 2. The van der Waals surface area contributed by atoms with E-state index in [1.807, 2.05) is 12.1 Å². The van der Waals surface area contributed by atoms with Crippen LogP contribution in [0.5, 0.6) is 11.5 Å². The van der Waals surface area contributed by atoms with Gasteiger partial charge in [-0.15, -0.1) is 0 Å². The lowest BCUT2D eigenvalue weighted by Crippen LogP contribution is -3.00. The first kappa shape index (κ1) is 20.4. The third kappa shape index (κ3) is 3.31. The minimum absolute atomic E-state index is 0. The summed E-state index contributed by atoms with van der Waals surface area (Å²) in [6.45, 7) is 0.900. The van der Waals surface area contributed by atoms with E-state index >= 15 is 0 Å². The van der Waals surface area contributed by atoms with Crippen LogP contribution in [-0.2, 0) is 5.41 Å². The standard InChI is InChI=1S/C21H24N2O4.ClH/c1-26-18-11-16-17(12-19(18)27-2)21(9-3-4-10-21)13-22-20(16)14-5-7-15(8-6-14)23(24)25;/h5-8,11-12,20,22H,3-4,9-10,13H2,1-2H3;1H/p-1. The monoisotopic (exact) mass is 403 g/mol. The van der Waals surface area contributed by atoms with Gasteiger partial charge in [0.1, 0.15) is 0 Å². The fraction of sp³-hybridized carbons (Fsp3) is 0.429. The second kappa shape index (κ2) is 7.97. The van der Waals surface area contributed by atoms with Gasteiger partial charge in [0.15, 0.2) is 11.5 Å². The molecule has 6 nitrogen and oxygen atoms in total. The zero-order chi connectivity index (χ0) is 19.0. The van der Waals surface area contributed by atoms with E-state index in [2.05, 4.69) is 17.4 Å². The van der Waals surface area contributed by atoms with Crippen LogP contribution in [0.4, 0.5) is 5.69 Å². The summed E-state index contributed by atoms with van der Waals surface area (Å²) < 4.78 is 11.1. The highest BCUT2D eigenvalue weighted by Crippen LogP contribution is 2.50. The van der Waals surface area contributed by atoms with Crippen LogP contribution in [0.25, 0.3) is 0 Å². The minimum Gasteiger partial charge on any atom is -1.00 e. The molecule has 150 valence electrons. The number of nitrogens with zero attached hydrogens (tertiary/aromatic N) is 1. The van der Waals surface area contributed by atoms with Crippen LogP contribution in [-0.4, -0.2) is 25.7 Å². The second-order valence-electron chi connectivity index (χ2n) is 7.44. The van der Waals surface area contributed by atoms with Crippen molar-refractivity contribution in [2.45, 2.75) is 37.1 Å². The van der Waals surface area contributed by atoms with Gasteiger partial charge in [0.2, 0.25) is 0 Å². The lowest BCUT2D eigenvalue weighted by molar-refractivity contribution is -0.384. The second-order valence-corrected chi connectivity index (χ2v) is 7.44. The molecule has 0 aromatic heterocycles. The maximum absolute atomic E-state index is 11.0. The van der Waals surface area contributed by atoms with Crippen molar-refractivity contribution >= 4 is 5.69 Å². The molecule has 0 saturated heterocycles. The molecule has 1 atom stereocenters. The molecule has 1 unspecified atom stereocenters. The number of fused-ring (bicyclic) bond motifs is 2. The van der Waals surface area contributed by atoms with Crippen molar-refractivity contribution in [2.24, 2.45) is 0 Å². The number of rotatable bonds is 4. The molecule has 1 saturated carbocycles. The van der Waals surface area contributed by atoms with Crippen LogP contribution >= 0.6 is 0 Å². The predicted molar refractivity (Wildman–Crippen MR) is 103 cm³/mol. The van der Waals surface area contributed by atoms with Gasteiger partial charge in [-0.25, -0.2) is 0 Å². The van der Waals surface area contributed by atoms with Gasteiger partial charge >= 0.3 is 0 Å². The highest BCUT2D eigenvalue weighted by atomic mass is 35.5. The molecule has 2 aromatic rings. The van der Waals surface area contributed by atoms with Gasteiger partial charge in [-0.3, -0.25) is 10.1 Å². The van der Waals surface area contributed by atoms with Crippen molar-refractivity contribution < 1.29 is 26.8 Å². The minimum atomic E-state index is -0.368.